The first kappa shape index (κ1) is 13.2. The predicted octanol–water partition coefficient (Wildman–Crippen LogP) is 0.486. The molecule has 4 N–H and O–H groups in total. The largest absolute Gasteiger partial charge is 0.352 e. The van der Waals surface area contributed by atoms with E-state index in [1.165, 1.54) is 6.08 Å². The van der Waals surface area contributed by atoms with Gasteiger partial charge in [0.1, 0.15) is 5.71 Å². The lowest BCUT2D eigenvalue weighted by Gasteiger charge is -2.15. The van der Waals surface area contributed by atoms with Gasteiger partial charge >= 0.3 is 0 Å². The Morgan fingerprint density at radius 1 is 1.32 bits per heavy atom. The number of nitrogens with two attached hydrogens (primary N) is 1. The highest BCUT2D eigenvalue weighted by atomic mass is 16.2. The molecular formula is C14H15N3O2. The predicted molar refractivity (Wildman–Crippen MR) is 72.9 cm³/mol. The highest BCUT2D eigenvalue weighted by Gasteiger charge is 2.28. The van der Waals surface area contributed by atoms with Gasteiger partial charge in [-0.3, -0.25) is 15.0 Å². The number of amides is 1. The van der Waals surface area contributed by atoms with Crippen LogP contribution in [0.2, 0.25) is 0 Å². The van der Waals surface area contributed by atoms with Gasteiger partial charge in [0.2, 0.25) is 5.78 Å². The molecule has 0 bridgehead atoms. The van der Waals surface area contributed by atoms with Crippen LogP contribution in [-0.4, -0.2) is 30.5 Å². The minimum atomic E-state index is -0.538. The Kier molecular flexibility index (Phi) is 3.87. The number of rotatable bonds is 4. The normalized spacial score (nSPS) is 13.8. The van der Waals surface area contributed by atoms with Crippen LogP contribution in [0.3, 0.4) is 0 Å². The zero-order valence-corrected chi connectivity index (χ0v) is 10.4. The van der Waals surface area contributed by atoms with Crippen LogP contribution in [0, 0.1) is 5.41 Å². The molecule has 0 saturated carbocycles. The van der Waals surface area contributed by atoms with Gasteiger partial charge < -0.3 is 11.1 Å². The summed E-state index contributed by atoms with van der Waals surface area (Å²) in [6.45, 7) is 0.904. The third kappa shape index (κ3) is 2.61. The lowest BCUT2D eigenvalue weighted by molar-refractivity contribution is -0.120. The van der Waals surface area contributed by atoms with Gasteiger partial charge in [0.05, 0.1) is 5.57 Å². The molecule has 1 amide bonds. The monoisotopic (exact) mass is 257 g/mol. The number of hydrogen-bond acceptors (Lipinski definition) is 4. The number of carbonyl (C=O) groups excluding carboxylic acids is 2. The Morgan fingerprint density at radius 3 is 2.79 bits per heavy atom. The molecule has 19 heavy (non-hydrogen) atoms. The van der Waals surface area contributed by atoms with Crippen LogP contribution in [0.5, 0.6) is 0 Å². The van der Waals surface area contributed by atoms with E-state index in [0.717, 1.165) is 5.56 Å². The average molecular weight is 257 g/mol. The van der Waals surface area contributed by atoms with Crippen molar-refractivity contribution in [2.45, 2.75) is 6.42 Å². The molecule has 0 spiro atoms. The van der Waals surface area contributed by atoms with Crippen molar-refractivity contribution in [2.24, 2.45) is 5.73 Å². The van der Waals surface area contributed by atoms with Crippen LogP contribution in [0.1, 0.15) is 17.5 Å². The number of ketones is 1. The highest BCUT2D eigenvalue weighted by molar-refractivity contribution is 6.57. The molecule has 0 atom stereocenters. The molecule has 0 saturated heterocycles. The van der Waals surface area contributed by atoms with Gasteiger partial charge in [0.25, 0.3) is 5.91 Å². The summed E-state index contributed by atoms with van der Waals surface area (Å²) in [5.41, 5.74) is 6.50. The molecule has 5 heteroatoms. The Labute approximate surface area is 111 Å². The molecule has 0 unspecified atom stereocenters. The topological polar surface area (TPSA) is 96.0 Å². The minimum Gasteiger partial charge on any atom is -0.352 e. The third-order valence-electron chi connectivity index (χ3n) is 2.91. The summed E-state index contributed by atoms with van der Waals surface area (Å²) in [4.78, 5) is 23.9. The van der Waals surface area contributed by atoms with E-state index in [4.69, 9.17) is 11.1 Å². The van der Waals surface area contributed by atoms with Crippen molar-refractivity contribution < 1.29 is 9.59 Å². The van der Waals surface area contributed by atoms with Crippen LogP contribution in [0.25, 0.3) is 6.08 Å². The first-order valence-corrected chi connectivity index (χ1v) is 6.07. The average Bonchev–Trinajstić information content (AvgIpc) is 2.43. The van der Waals surface area contributed by atoms with Gasteiger partial charge in [-0.05, 0) is 24.6 Å². The Morgan fingerprint density at radius 2 is 2.05 bits per heavy atom. The number of Topliss-reactive ketones (excluding diaryl/α,β-unsaturated/α-hetero) is 1. The third-order valence-corrected chi connectivity index (χ3v) is 2.91. The minimum absolute atomic E-state index is 0.0146. The van der Waals surface area contributed by atoms with E-state index < -0.39 is 11.7 Å². The van der Waals surface area contributed by atoms with Crippen LogP contribution in [-0.2, 0) is 9.59 Å². The molecule has 1 aromatic rings. The fourth-order valence-electron chi connectivity index (χ4n) is 1.90. The van der Waals surface area contributed by atoms with Gasteiger partial charge in [-0.15, -0.1) is 0 Å². The van der Waals surface area contributed by atoms with E-state index in [9.17, 15) is 9.59 Å². The summed E-state index contributed by atoms with van der Waals surface area (Å²) in [7, 11) is 0. The second-order valence-corrected chi connectivity index (χ2v) is 4.25. The van der Waals surface area contributed by atoms with E-state index in [0.29, 0.717) is 25.1 Å². The molecule has 1 aromatic carbocycles. The van der Waals surface area contributed by atoms with Crippen molar-refractivity contribution in [1.82, 2.24) is 5.32 Å². The van der Waals surface area contributed by atoms with Crippen LogP contribution >= 0.6 is 0 Å². The summed E-state index contributed by atoms with van der Waals surface area (Å²) in [6, 6.07) is 7.06. The zero-order chi connectivity index (χ0) is 13.8. The summed E-state index contributed by atoms with van der Waals surface area (Å²) in [5.74, 6) is -0.985. The summed E-state index contributed by atoms with van der Waals surface area (Å²) in [6.07, 6.45) is 2.19. The molecular weight excluding hydrogens is 242 g/mol. The Balaban J connectivity index is 2.26. The summed E-state index contributed by atoms with van der Waals surface area (Å²) >= 11 is 0. The fourth-order valence-corrected chi connectivity index (χ4v) is 1.90. The van der Waals surface area contributed by atoms with E-state index in [1.54, 1.807) is 18.2 Å². The van der Waals surface area contributed by atoms with Gasteiger partial charge in [0.15, 0.2) is 0 Å². The van der Waals surface area contributed by atoms with E-state index in [-0.39, 0.29) is 11.3 Å². The smallest absolute Gasteiger partial charge is 0.255 e. The molecule has 2 rings (SSSR count). The Hall–Kier alpha value is -2.27. The molecule has 1 aliphatic rings. The van der Waals surface area contributed by atoms with Crippen molar-refractivity contribution in [3.63, 3.8) is 0 Å². The van der Waals surface area contributed by atoms with E-state index in [1.807, 2.05) is 6.07 Å². The highest BCUT2D eigenvalue weighted by Crippen LogP contribution is 2.21. The Bertz CT molecular complexity index is 576. The van der Waals surface area contributed by atoms with Crippen molar-refractivity contribution in [2.75, 3.05) is 13.1 Å². The lowest BCUT2D eigenvalue weighted by Crippen LogP contribution is -2.34. The van der Waals surface area contributed by atoms with Gasteiger partial charge in [-0.2, -0.15) is 0 Å². The molecule has 1 aliphatic carbocycles. The van der Waals surface area contributed by atoms with Gasteiger partial charge in [-0.1, -0.05) is 24.3 Å². The second-order valence-electron chi connectivity index (χ2n) is 4.25. The molecule has 0 fully saturated rings. The van der Waals surface area contributed by atoms with Gasteiger partial charge in [0, 0.05) is 12.1 Å². The lowest BCUT2D eigenvalue weighted by atomic mass is 9.89. The summed E-state index contributed by atoms with van der Waals surface area (Å²) < 4.78 is 0. The second kappa shape index (κ2) is 5.58. The maximum Gasteiger partial charge on any atom is 0.255 e. The molecule has 98 valence electrons. The van der Waals surface area contributed by atoms with Crippen molar-refractivity contribution in [1.29, 1.82) is 5.41 Å². The first-order valence-electron chi connectivity index (χ1n) is 6.07. The fraction of sp³-hybridized carbons (Fsp3) is 0.214. The number of hydrogen-bond donors (Lipinski definition) is 3. The number of fused-ring (bicyclic) bond motifs is 1. The quantitative estimate of drug-likeness (QED) is 0.541. The number of benzene rings is 1. The summed E-state index contributed by atoms with van der Waals surface area (Å²) in [5, 5.41) is 10.5. The standard InChI is InChI=1S/C14H15N3O2/c15-6-3-7-17-14(19)11-8-9-4-1-2-5-10(9)12(16)13(11)18/h1-2,4-5,8,16H,3,6-7,15H2,(H,17,19). The van der Waals surface area contributed by atoms with Crippen LogP contribution < -0.4 is 11.1 Å². The molecule has 5 nitrogen and oxygen atoms in total. The van der Waals surface area contributed by atoms with E-state index in [2.05, 4.69) is 5.32 Å². The number of carbonyl (C=O) groups is 2. The maximum absolute atomic E-state index is 12.0. The SMILES string of the molecule is N=C1C(=O)C(C(=O)NCCCN)=Cc2ccccc21. The molecule has 0 radical (unpaired) electrons. The van der Waals surface area contributed by atoms with E-state index >= 15 is 0 Å². The van der Waals surface area contributed by atoms with Crippen molar-refractivity contribution >= 4 is 23.5 Å². The molecule has 0 aromatic heterocycles. The first-order chi connectivity index (χ1) is 9.15. The molecule has 0 heterocycles. The maximum atomic E-state index is 12.0. The van der Waals surface area contributed by atoms with Gasteiger partial charge in [-0.25, -0.2) is 0 Å². The zero-order valence-electron chi connectivity index (χ0n) is 10.4. The van der Waals surface area contributed by atoms with Crippen LogP contribution in [0.4, 0.5) is 0 Å². The van der Waals surface area contributed by atoms with Crippen molar-refractivity contribution in [3.05, 3.63) is 41.0 Å². The van der Waals surface area contributed by atoms with Crippen molar-refractivity contribution in [3.8, 4) is 0 Å². The molecule has 0 aliphatic heterocycles. The van der Waals surface area contributed by atoms with Crippen LogP contribution in [0.15, 0.2) is 29.8 Å². The number of nitrogens with one attached hydrogen (secondary N) is 2.